The molecule has 2 heterocycles. The molecule has 1 aliphatic rings. The van der Waals surface area contributed by atoms with Crippen LogP contribution < -0.4 is 10.1 Å². The summed E-state index contributed by atoms with van der Waals surface area (Å²) in [5.74, 6) is 1.83. The van der Waals surface area contributed by atoms with Crippen molar-refractivity contribution in [3.63, 3.8) is 0 Å². The van der Waals surface area contributed by atoms with E-state index >= 15 is 0 Å². The van der Waals surface area contributed by atoms with Crippen LogP contribution >= 0.6 is 11.6 Å². The van der Waals surface area contributed by atoms with E-state index in [0.717, 1.165) is 19.6 Å². The van der Waals surface area contributed by atoms with Gasteiger partial charge in [-0.2, -0.15) is 4.98 Å². The lowest BCUT2D eigenvalue weighted by molar-refractivity contribution is 0.173. The number of likely N-dealkylation sites (N-methyl/N-ethyl adjacent to an activating group) is 1. The fourth-order valence-corrected chi connectivity index (χ4v) is 2.62. The first-order valence-electron chi connectivity index (χ1n) is 7.30. The molecule has 0 bridgehead atoms. The number of aromatic nitrogens is 2. The fraction of sp³-hybridized carbons (Fsp3) is 0.467. The minimum atomic E-state index is -0.332. The average Bonchev–Trinajstić information content (AvgIpc) is 2.97. The van der Waals surface area contributed by atoms with Gasteiger partial charge in [0.25, 0.3) is 5.89 Å². The standard InChI is InChI=1S/C15H19ClN4O2/c1-10(21-12-5-3-4-11(16)8-12)15-18-14(19-22-15)13-9-17-6-7-20(13)2/h3-5,8,10,13,17H,6-7,9H2,1-2H3. The molecular weight excluding hydrogens is 304 g/mol. The van der Waals surface area contributed by atoms with E-state index in [1.165, 1.54) is 0 Å². The molecule has 2 unspecified atom stereocenters. The lowest BCUT2D eigenvalue weighted by atomic mass is 10.2. The summed E-state index contributed by atoms with van der Waals surface area (Å²) in [6, 6.07) is 7.37. The number of hydrogen-bond donors (Lipinski definition) is 1. The van der Waals surface area contributed by atoms with E-state index in [9.17, 15) is 0 Å². The molecule has 0 aliphatic carbocycles. The monoisotopic (exact) mass is 322 g/mol. The maximum atomic E-state index is 5.95. The Hall–Kier alpha value is -1.63. The van der Waals surface area contributed by atoms with Crippen molar-refractivity contribution in [3.05, 3.63) is 41.0 Å². The zero-order valence-electron chi connectivity index (χ0n) is 12.6. The molecule has 2 aromatic rings. The minimum Gasteiger partial charge on any atom is -0.481 e. The van der Waals surface area contributed by atoms with Gasteiger partial charge in [0.05, 0.1) is 6.04 Å². The number of hydrogen-bond acceptors (Lipinski definition) is 6. The normalized spacial score (nSPS) is 20.8. The Labute approximate surface area is 134 Å². The highest BCUT2D eigenvalue weighted by Gasteiger charge is 2.26. The summed E-state index contributed by atoms with van der Waals surface area (Å²) in [6.07, 6.45) is -0.332. The second kappa shape index (κ2) is 6.64. The van der Waals surface area contributed by atoms with Crippen molar-refractivity contribution < 1.29 is 9.26 Å². The van der Waals surface area contributed by atoms with Crippen LogP contribution in [0, 0.1) is 0 Å². The molecule has 6 nitrogen and oxygen atoms in total. The Morgan fingerprint density at radius 1 is 1.50 bits per heavy atom. The predicted molar refractivity (Wildman–Crippen MR) is 83.0 cm³/mol. The largest absolute Gasteiger partial charge is 0.481 e. The Bertz CT molecular complexity index is 634. The molecule has 1 aromatic carbocycles. The predicted octanol–water partition coefficient (Wildman–Crippen LogP) is 2.44. The number of halogens is 1. The van der Waals surface area contributed by atoms with Gasteiger partial charge in [-0.3, -0.25) is 4.90 Å². The third-order valence-corrected chi connectivity index (χ3v) is 3.96. The summed E-state index contributed by atoms with van der Waals surface area (Å²) < 4.78 is 11.2. The van der Waals surface area contributed by atoms with Crippen LogP contribution in [-0.4, -0.2) is 41.7 Å². The number of rotatable bonds is 4. The van der Waals surface area contributed by atoms with Crippen LogP contribution in [-0.2, 0) is 0 Å². The third kappa shape index (κ3) is 3.40. The highest BCUT2D eigenvalue weighted by Crippen LogP contribution is 2.25. The van der Waals surface area contributed by atoms with Gasteiger partial charge in [0.15, 0.2) is 11.9 Å². The van der Waals surface area contributed by atoms with Crippen molar-refractivity contribution >= 4 is 11.6 Å². The van der Waals surface area contributed by atoms with Crippen LogP contribution in [0.25, 0.3) is 0 Å². The molecule has 0 amide bonds. The van der Waals surface area contributed by atoms with Gasteiger partial charge in [-0.1, -0.05) is 22.8 Å². The molecule has 1 saturated heterocycles. The first-order valence-corrected chi connectivity index (χ1v) is 7.68. The maximum Gasteiger partial charge on any atom is 0.267 e. The van der Waals surface area contributed by atoms with Gasteiger partial charge in [-0.15, -0.1) is 0 Å². The van der Waals surface area contributed by atoms with E-state index in [2.05, 4.69) is 27.4 Å². The number of benzene rings is 1. The van der Waals surface area contributed by atoms with Gasteiger partial charge >= 0.3 is 0 Å². The van der Waals surface area contributed by atoms with Gasteiger partial charge < -0.3 is 14.6 Å². The Balaban J connectivity index is 1.70. The molecule has 1 fully saturated rings. The molecule has 0 spiro atoms. The highest BCUT2D eigenvalue weighted by atomic mass is 35.5. The molecule has 2 atom stereocenters. The van der Waals surface area contributed by atoms with Crippen molar-refractivity contribution in [2.24, 2.45) is 0 Å². The SMILES string of the molecule is CC(Oc1cccc(Cl)c1)c1nc(C2CNCCN2C)no1. The van der Waals surface area contributed by atoms with E-state index < -0.39 is 0 Å². The van der Waals surface area contributed by atoms with Crippen LogP contribution in [0.5, 0.6) is 5.75 Å². The zero-order valence-corrected chi connectivity index (χ0v) is 13.4. The summed E-state index contributed by atoms with van der Waals surface area (Å²) in [6.45, 7) is 4.63. The first-order chi connectivity index (χ1) is 10.6. The van der Waals surface area contributed by atoms with Gasteiger partial charge in [-0.25, -0.2) is 0 Å². The smallest absolute Gasteiger partial charge is 0.267 e. The molecule has 1 aliphatic heterocycles. The van der Waals surface area contributed by atoms with Gasteiger partial charge in [0.2, 0.25) is 0 Å². The van der Waals surface area contributed by atoms with Crippen molar-refractivity contribution in [1.29, 1.82) is 0 Å². The van der Waals surface area contributed by atoms with Crippen molar-refractivity contribution in [1.82, 2.24) is 20.4 Å². The zero-order chi connectivity index (χ0) is 15.5. The van der Waals surface area contributed by atoms with Gasteiger partial charge in [0.1, 0.15) is 5.75 Å². The Morgan fingerprint density at radius 3 is 3.14 bits per heavy atom. The summed E-state index contributed by atoms with van der Waals surface area (Å²) in [4.78, 5) is 6.70. The molecule has 118 valence electrons. The summed E-state index contributed by atoms with van der Waals surface area (Å²) in [5.41, 5.74) is 0. The van der Waals surface area contributed by atoms with Crippen LogP contribution in [0.1, 0.15) is 30.8 Å². The second-order valence-electron chi connectivity index (χ2n) is 5.41. The molecule has 0 saturated carbocycles. The van der Waals surface area contributed by atoms with Gasteiger partial charge in [-0.05, 0) is 32.2 Å². The number of nitrogens with one attached hydrogen (secondary N) is 1. The van der Waals surface area contributed by atoms with Crippen LogP contribution in [0.15, 0.2) is 28.8 Å². The van der Waals surface area contributed by atoms with Crippen molar-refractivity contribution in [3.8, 4) is 5.75 Å². The molecule has 3 rings (SSSR count). The Kier molecular flexibility index (Phi) is 4.61. The van der Waals surface area contributed by atoms with Crippen LogP contribution in [0.3, 0.4) is 0 Å². The van der Waals surface area contributed by atoms with E-state index in [0.29, 0.717) is 22.5 Å². The molecule has 1 N–H and O–H groups in total. The topological polar surface area (TPSA) is 63.4 Å². The van der Waals surface area contributed by atoms with Crippen LogP contribution in [0.2, 0.25) is 5.02 Å². The van der Waals surface area contributed by atoms with Crippen LogP contribution in [0.4, 0.5) is 0 Å². The van der Waals surface area contributed by atoms with Crippen molar-refractivity contribution in [2.45, 2.75) is 19.1 Å². The minimum absolute atomic E-state index is 0.129. The molecule has 22 heavy (non-hydrogen) atoms. The molecule has 0 radical (unpaired) electrons. The second-order valence-corrected chi connectivity index (χ2v) is 5.85. The lowest BCUT2D eigenvalue weighted by Crippen LogP contribution is -2.44. The Morgan fingerprint density at radius 2 is 2.36 bits per heavy atom. The number of piperazine rings is 1. The number of nitrogens with zero attached hydrogens (tertiary/aromatic N) is 3. The van der Waals surface area contributed by atoms with E-state index in [-0.39, 0.29) is 12.1 Å². The molecule has 7 heteroatoms. The lowest BCUT2D eigenvalue weighted by Gasteiger charge is -2.30. The maximum absolute atomic E-state index is 5.95. The summed E-state index contributed by atoms with van der Waals surface area (Å²) in [5, 5.41) is 8.07. The van der Waals surface area contributed by atoms with E-state index in [1.807, 2.05) is 19.1 Å². The van der Waals surface area contributed by atoms with E-state index in [4.69, 9.17) is 20.9 Å². The fourth-order valence-electron chi connectivity index (χ4n) is 2.44. The van der Waals surface area contributed by atoms with E-state index in [1.54, 1.807) is 12.1 Å². The quantitative estimate of drug-likeness (QED) is 0.933. The van der Waals surface area contributed by atoms with Gasteiger partial charge in [0, 0.05) is 24.7 Å². The summed E-state index contributed by atoms with van der Waals surface area (Å²) >= 11 is 5.95. The summed E-state index contributed by atoms with van der Waals surface area (Å²) in [7, 11) is 2.06. The number of ether oxygens (including phenoxy) is 1. The molecule has 1 aromatic heterocycles. The van der Waals surface area contributed by atoms with Crippen molar-refractivity contribution in [2.75, 3.05) is 26.7 Å². The average molecular weight is 323 g/mol. The first kappa shape index (κ1) is 15.3. The third-order valence-electron chi connectivity index (χ3n) is 3.72. The highest BCUT2D eigenvalue weighted by molar-refractivity contribution is 6.30. The molecular formula is C15H19ClN4O2.